The van der Waals surface area contributed by atoms with Crippen molar-refractivity contribution in [1.29, 1.82) is 0 Å². The lowest BCUT2D eigenvalue weighted by Gasteiger charge is -2.34. The van der Waals surface area contributed by atoms with Gasteiger partial charge in [0, 0.05) is 25.8 Å². The fourth-order valence-corrected chi connectivity index (χ4v) is 2.92. The van der Waals surface area contributed by atoms with Gasteiger partial charge in [-0.2, -0.15) is 5.10 Å². The van der Waals surface area contributed by atoms with E-state index in [1.807, 2.05) is 4.90 Å². The Kier molecular flexibility index (Phi) is 5.61. The number of amides is 1. The molecule has 2 rings (SSSR count). The molecule has 1 aliphatic rings. The van der Waals surface area contributed by atoms with E-state index in [0.29, 0.717) is 11.6 Å². The number of likely N-dealkylation sites (tertiary alicyclic amines) is 1. The first kappa shape index (κ1) is 15.8. The van der Waals surface area contributed by atoms with Crippen molar-refractivity contribution in [3.8, 4) is 0 Å². The van der Waals surface area contributed by atoms with Gasteiger partial charge in [0.25, 0.3) is 0 Å². The van der Waals surface area contributed by atoms with Crippen LogP contribution in [0.15, 0.2) is 12.4 Å². The van der Waals surface area contributed by atoms with E-state index in [0.717, 1.165) is 45.6 Å². The molecule has 118 valence electrons. The zero-order chi connectivity index (χ0) is 15.2. The van der Waals surface area contributed by atoms with E-state index in [9.17, 15) is 4.79 Å². The third-order valence-electron chi connectivity index (χ3n) is 4.33. The molecule has 0 aliphatic carbocycles. The van der Waals surface area contributed by atoms with Gasteiger partial charge in [0.1, 0.15) is 6.54 Å². The van der Waals surface area contributed by atoms with Crippen LogP contribution in [0.25, 0.3) is 0 Å². The van der Waals surface area contributed by atoms with E-state index in [1.165, 1.54) is 0 Å². The summed E-state index contributed by atoms with van der Waals surface area (Å²) in [7, 11) is 0. The van der Waals surface area contributed by atoms with Crippen LogP contribution in [0.1, 0.15) is 26.7 Å². The third-order valence-corrected chi connectivity index (χ3v) is 4.33. The average Bonchev–Trinajstić information content (AvgIpc) is 2.90. The summed E-state index contributed by atoms with van der Waals surface area (Å²) in [5, 5.41) is 4.06. The summed E-state index contributed by atoms with van der Waals surface area (Å²) >= 11 is 0. The summed E-state index contributed by atoms with van der Waals surface area (Å²) in [5.41, 5.74) is 6.21. The van der Waals surface area contributed by atoms with E-state index in [-0.39, 0.29) is 12.5 Å². The Balaban J connectivity index is 1.76. The summed E-state index contributed by atoms with van der Waals surface area (Å²) in [5.74, 6) is 0.855. The Morgan fingerprint density at radius 2 is 2.05 bits per heavy atom. The highest BCUT2D eigenvalue weighted by Gasteiger charge is 2.23. The third kappa shape index (κ3) is 4.46. The summed E-state index contributed by atoms with van der Waals surface area (Å²) in [6, 6.07) is 0. The predicted molar refractivity (Wildman–Crippen MR) is 83.7 cm³/mol. The van der Waals surface area contributed by atoms with Gasteiger partial charge in [0.05, 0.1) is 11.9 Å². The quantitative estimate of drug-likeness (QED) is 0.851. The van der Waals surface area contributed by atoms with E-state index < -0.39 is 0 Å². The number of hydrogen-bond acceptors (Lipinski definition) is 4. The van der Waals surface area contributed by atoms with Gasteiger partial charge in [-0.05, 0) is 31.8 Å². The Bertz CT molecular complexity index is 447. The van der Waals surface area contributed by atoms with Crippen LogP contribution in [-0.2, 0) is 11.3 Å². The van der Waals surface area contributed by atoms with E-state index in [1.54, 1.807) is 17.1 Å². The van der Waals surface area contributed by atoms with Crippen molar-refractivity contribution in [1.82, 2.24) is 19.6 Å². The summed E-state index contributed by atoms with van der Waals surface area (Å²) in [4.78, 5) is 16.7. The molecule has 21 heavy (non-hydrogen) atoms. The van der Waals surface area contributed by atoms with Crippen molar-refractivity contribution < 1.29 is 4.79 Å². The van der Waals surface area contributed by atoms with Crippen LogP contribution >= 0.6 is 0 Å². The molecule has 0 atom stereocenters. The Morgan fingerprint density at radius 1 is 1.38 bits per heavy atom. The van der Waals surface area contributed by atoms with Crippen molar-refractivity contribution in [2.45, 2.75) is 33.2 Å². The van der Waals surface area contributed by atoms with Crippen molar-refractivity contribution in [3.05, 3.63) is 12.4 Å². The van der Waals surface area contributed by atoms with Crippen LogP contribution in [0.5, 0.6) is 0 Å². The molecule has 1 aromatic heterocycles. The van der Waals surface area contributed by atoms with Gasteiger partial charge in [0.15, 0.2) is 0 Å². The number of rotatable bonds is 6. The van der Waals surface area contributed by atoms with Gasteiger partial charge < -0.3 is 15.5 Å². The smallest absolute Gasteiger partial charge is 0.244 e. The van der Waals surface area contributed by atoms with Crippen LogP contribution in [0.2, 0.25) is 0 Å². The largest absolute Gasteiger partial charge is 0.396 e. The summed E-state index contributed by atoms with van der Waals surface area (Å²) in [6.07, 6.45) is 5.47. The number of nitrogens with zero attached hydrogens (tertiary/aromatic N) is 4. The monoisotopic (exact) mass is 293 g/mol. The second kappa shape index (κ2) is 7.45. The Hall–Kier alpha value is -1.56. The maximum Gasteiger partial charge on any atom is 0.244 e. The molecule has 6 nitrogen and oxygen atoms in total. The molecule has 0 unspecified atom stereocenters. The minimum absolute atomic E-state index is 0.138. The highest BCUT2D eigenvalue weighted by Crippen LogP contribution is 2.18. The number of nitrogens with two attached hydrogens (primary N) is 1. The zero-order valence-electron chi connectivity index (χ0n) is 13.2. The van der Waals surface area contributed by atoms with Crippen molar-refractivity contribution >= 4 is 11.6 Å². The molecule has 1 aromatic rings. The van der Waals surface area contributed by atoms with Gasteiger partial charge in [-0.15, -0.1) is 0 Å². The van der Waals surface area contributed by atoms with Crippen molar-refractivity contribution in [3.63, 3.8) is 0 Å². The van der Waals surface area contributed by atoms with E-state index >= 15 is 0 Å². The fraction of sp³-hybridized carbons (Fsp3) is 0.733. The number of aromatic nitrogens is 2. The number of piperidine rings is 1. The normalized spacial score (nSPS) is 16.6. The molecule has 6 heteroatoms. The van der Waals surface area contributed by atoms with Crippen LogP contribution in [0.3, 0.4) is 0 Å². The number of anilines is 1. The van der Waals surface area contributed by atoms with Gasteiger partial charge in [-0.3, -0.25) is 9.48 Å². The summed E-state index contributed by atoms with van der Waals surface area (Å²) < 4.78 is 1.61. The number of hydrogen-bond donors (Lipinski definition) is 1. The lowest BCUT2D eigenvalue weighted by molar-refractivity contribution is -0.133. The zero-order valence-corrected chi connectivity index (χ0v) is 13.2. The van der Waals surface area contributed by atoms with Crippen molar-refractivity contribution in [2.24, 2.45) is 5.92 Å². The molecule has 0 saturated carbocycles. The molecule has 0 spiro atoms. The molecular formula is C15H27N5O. The Morgan fingerprint density at radius 3 is 2.57 bits per heavy atom. The van der Waals surface area contributed by atoms with Crippen LogP contribution < -0.4 is 5.73 Å². The minimum Gasteiger partial charge on any atom is -0.396 e. The van der Waals surface area contributed by atoms with E-state index in [4.69, 9.17) is 5.73 Å². The first-order valence-electron chi connectivity index (χ1n) is 7.90. The molecule has 1 aliphatic heterocycles. The van der Waals surface area contributed by atoms with Gasteiger partial charge >= 0.3 is 0 Å². The van der Waals surface area contributed by atoms with E-state index in [2.05, 4.69) is 23.8 Å². The van der Waals surface area contributed by atoms with Gasteiger partial charge in [-0.1, -0.05) is 13.8 Å². The van der Waals surface area contributed by atoms with Gasteiger partial charge in [-0.25, -0.2) is 0 Å². The predicted octanol–water partition coefficient (Wildman–Crippen LogP) is 1.05. The molecule has 1 saturated heterocycles. The highest BCUT2D eigenvalue weighted by molar-refractivity contribution is 5.76. The van der Waals surface area contributed by atoms with Crippen LogP contribution in [0, 0.1) is 5.92 Å². The standard InChI is InChI=1S/C15H27N5O/c1-3-18(4-2)10-13-5-7-19(8-6-13)15(21)12-20-11-14(16)9-17-20/h9,11,13H,3-8,10,12,16H2,1-2H3. The first-order valence-corrected chi connectivity index (χ1v) is 7.90. The second-order valence-electron chi connectivity index (χ2n) is 5.78. The fourth-order valence-electron chi connectivity index (χ4n) is 2.92. The van der Waals surface area contributed by atoms with Crippen molar-refractivity contribution in [2.75, 3.05) is 38.5 Å². The lowest BCUT2D eigenvalue weighted by Crippen LogP contribution is -2.42. The summed E-state index contributed by atoms with van der Waals surface area (Å²) in [6.45, 7) is 9.80. The van der Waals surface area contributed by atoms with Crippen LogP contribution in [0.4, 0.5) is 5.69 Å². The molecular weight excluding hydrogens is 266 g/mol. The molecule has 2 N–H and O–H groups in total. The van der Waals surface area contributed by atoms with Gasteiger partial charge in [0.2, 0.25) is 5.91 Å². The molecule has 2 heterocycles. The topological polar surface area (TPSA) is 67.4 Å². The first-order chi connectivity index (χ1) is 10.1. The molecule has 0 aromatic carbocycles. The lowest BCUT2D eigenvalue weighted by atomic mass is 9.96. The molecule has 1 amide bonds. The number of carbonyl (C=O) groups excluding carboxylic acids is 1. The highest BCUT2D eigenvalue weighted by atomic mass is 16.2. The SMILES string of the molecule is CCN(CC)CC1CCN(C(=O)Cn2cc(N)cn2)CC1. The maximum atomic E-state index is 12.2. The maximum absolute atomic E-state index is 12.2. The molecule has 1 fully saturated rings. The average molecular weight is 293 g/mol. The van der Waals surface area contributed by atoms with Crippen LogP contribution in [-0.4, -0.2) is 58.2 Å². The molecule has 0 radical (unpaired) electrons. The molecule has 0 bridgehead atoms. The Labute approximate surface area is 126 Å². The number of carbonyl (C=O) groups is 1. The second-order valence-corrected chi connectivity index (χ2v) is 5.78. The minimum atomic E-state index is 0.138. The number of nitrogen functional groups attached to an aromatic ring is 1.